The zero-order valence-corrected chi connectivity index (χ0v) is 14.6. The minimum absolute atomic E-state index is 0.0392. The van der Waals surface area contributed by atoms with Crippen molar-refractivity contribution in [3.05, 3.63) is 72.3 Å². The Hall–Kier alpha value is -3.08. The van der Waals surface area contributed by atoms with Crippen LogP contribution in [0, 0.1) is 0 Å². The first kappa shape index (κ1) is 17.7. The molecule has 5 heteroatoms. The van der Waals surface area contributed by atoms with Crippen LogP contribution in [0.4, 0.5) is 4.79 Å². The third-order valence-electron chi connectivity index (χ3n) is 4.70. The molecule has 0 saturated carbocycles. The molecule has 1 aliphatic rings. The van der Waals surface area contributed by atoms with Gasteiger partial charge in [-0.15, -0.1) is 6.58 Å². The van der Waals surface area contributed by atoms with Crippen molar-refractivity contribution >= 4 is 12.1 Å². The average Bonchev–Trinajstić information content (AvgIpc) is 2.93. The molecule has 26 heavy (non-hydrogen) atoms. The normalized spacial score (nSPS) is 14.7. The number of fused-ring (bicyclic) bond motifs is 3. The molecule has 0 unspecified atom stereocenters. The van der Waals surface area contributed by atoms with Crippen LogP contribution in [0.1, 0.15) is 30.4 Å². The monoisotopic (exact) mass is 351 g/mol. The lowest BCUT2D eigenvalue weighted by Gasteiger charge is -2.25. The van der Waals surface area contributed by atoms with E-state index in [1.165, 1.54) is 6.08 Å². The van der Waals surface area contributed by atoms with Gasteiger partial charge in [0.25, 0.3) is 0 Å². The van der Waals surface area contributed by atoms with E-state index in [4.69, 9.17) is 9.84 Å². The topological polar surface area (TPSA) is 75.6 Å². The Bertz CT molecular complexity index is 815. The van der Waals surface area contributed by atoms with Gasteiger partial charge in [0.15, 0.2) is 0 Å². The second kappa shape index (κ2) is 7.04. The Morgan fingerprint density at radius 1 is 1.15 bits per heavy atom. The maximum absolute atomic E-state index is 12.2. The van der Waals surface area contributed by atoms with Crippen molar-refractivity contribution in [2.75, 3.05) is 6.61 Å². The standard InChI is InChI=1S/C21H21NO4/c1-3-21(2,12-19(23)24)22-20(25)26-13-18-16-10-6-4-8-14(16)15-9-5-7-11-17(15)18/h3-11,18H,1,12-13H2,2H3,(H,22,25)(H,23,24)/t21-/m1/s1. The highest BCUT2D eigenvalue weighted by Crippen LogP contribution is 2.44. The number of nitrogens with one attached hydrogen (secondary N) is 1. The van der Waals surface area contributed by atoms with E-state index in [0.717, 1.165) is 22.3 Å². The smallest absolute Gasteiger partial charge is 0.407 e. The molecule has 134 valence electrons. The van der Waals surface area contributed by atoms with Crippen LogP contribution < -0.4 is 5.32 Å². The van der Waals surface area contributed by atoms with Crippen LogP contribution in [0.2, 0.25) is 0 Å². The third kappa shape index (κ3) is 3.47. The zero-order valence-electron chi connectivity index (χ0n) is 14.6. The Balaban J connectivity index is 1.73. The quantitative estimate of drug-likeness (QED) is 0.773. The molecular weight excluding hydrogens is 330 g/mol. The van der Waals surface area contributed by atoms with Crippen LogP contribution in [0.5, 0.6) is 0 Å². The number of carbonyl (C=O) groups excluding carboxylic acids is 1. The number of rotatable bonds is 6. The SMILES string of the molecule is C=C[C@](C)(CC(=O)O)NC(=O)OCC1c2ccccc2-c2ccccc21. The number of carboxylic acids is 1. The van der Waals surface area contributed by atoms with Crippen molar-refractivity contribution in [1.29, 1.82) is 0 Å². The maximum atomic E-state index is 12.2. The van der Waals surface area contributed by atoms with E-state index in [2.05, 4.69) is 24.0 Å². The van der Waals surface area contributed by atoms with Gasteiger partial charge in [0, 0.05) is 5.92 Å². The number of carbonyl (C=O) groups is 2. The molecular formula is C21H21NO4. The molecule has 1 amide bonds. The number of carboxylic acid groups (broad SMARTS) is 1. The number of alkyl carbamates (subject to hydrolysis) is 1. The van der Waals surface area contributed by atoms with Gasteiger partial charge in [0.1, 0.15) is 6.61 Å². The van der Waals surface area contributed by atoms with Crippen LogP contribution >= 0.6 is 0 Å². The lowest BCUT2D eigenvalue weighted by molar-refractivity contribution is -0.138. The summed E-state index contributed by atoms with van der Waals surface area (Å²) in [7, 11) is 0. The minimum atomic E-state index is -1.06. The molecule has 3 rings (SSSR count). The van der Waals surface area contributed by atoms with E-state index in [0.29, 0.717) is 0 Å². The van der Waals surface area contributed by atoms with Gasteiger partial charge in [-0.05, 0) is 29.2 Å². The highest BCUT2D eigenvalue weighted by Gasteiger charge is 2.31. The molecule has 0 aliphatic heterocycles. The summed E-state index contributed by atoms with van der Waals surface area (Å²) in [5.74, 6) is -1.06. The van der Waals surface area contributed by atoms with E-state index in [-0.39, 0.29) is 18.9 Å². The van der Waals surface area contributed by atoms with Crippen molar-refractivity contribution in [1.82, 2.24) is 5.32 Å². The van der Waals surface area contributed by atoms with Crippen molar-refractivity contribution in [2.24, 2.45) is 0 Å². The third-order valence-corrected chi connectivity index (χ3v) is 4.70. The first-order valence-electron chi connectivity index (χ1n) is 8.42. The van der Waals surface area contributed by atoms with Gasteiger partial charge in [0.2, 0.25) is 0 Å². The van der Waals surface area contributed by atoms with E-state index in [9.17, 15) is 9.59 Å². The molecule has 2 aromatic rings. The Morgan fingerprint density at radius 2 is 1.69 bits per heavy atom. The van der Waals surface area contributed by atoms with Gasteiger partial charge >= 0.3 is 12.1 Å². The van der Waals surface area contributed by atoms with Gasteiger partial charge in [-0.25, -0.2) is 4.79 Å². The molecule has 0 heterocycles. The van der Waals surface area contributed by atoms with Crippen LogP contribution in [0.3, 0.4) is 0 Å². The molecule has 0 aromatic heterocycles. The van der Waals surface area contributed by atoms with Crippen LogP contribution in [0.25, 0.3) is 11.1 Å². The molecule has 0 saturated heterocycles. The number of aliphatic carboxylic acids is 1. The molecule has 0 radical (unpaired) electrons. The zero-order chi connectivity index (χ0) is 18.7. The van der Waals surface area contributed by atoms with Gasteiger partial charge in [-0.2, -0.15) is 0 Å². The fourth-order valence-electron chi connectivity index (χ4n) is 3.35. The van der Waals surface area contributed by atoms with Gasteiger partial charge in [-0.1, -0.05) is 54.6 Å². The number of amides is 1. The van der Waals surface area contributed by atoms with Crippen LogP contribution in [0.15, 0.2) is 61.2 Å². The predicted octanol–water partition coefficient (Wildman–Crippen LogP) is 3.94. The van der Waals surface area contributed by atoms with Crippen molar-refractivity contribution in [2.45, 2.75) is 24.8 Å². The molecule has 1 atom stereocenters. The highest BCUT2D eigenvalue weighted by atomic mass is 16.5. The predicted molar refractivity (Wildman–Crippen MR) is 99.1 cm³/mol. The first-order valence-corrected chi connectivity index (χ1v) is 8.42. The number of ether oxygens (including phenoxy) is 1. The maximum Gasteiger partial charge on any atom is 0.407 e. The lowest BCUT2D eigenvalue weighted by Crippen LogP contribution is -2.46. The van der Waals surface area contributed by atoms with Crippen LogP contribution in [-0.4, -0.2) is 29.3 Å². The fourth-order valence-corrected chi connectivity index (χ4v) is 3.35. The highest BCUT2D eigenvalue weighted by molar-refractivity contribution is 5.79. The number of hydrogen-bond donors (Lipinski definition) is 2. The van der Waals surface area contributed by atoms with E-state index < -0.39 is 17.6 Å². The number of hydrogen-bond acceptors (Lipinski definition) is 3. The summed E-state index contributed by atoms with van der Waals surface area (Å²) in [6, 6.07) is 16.1. The molecule has 1 aliphatic carbocycles. The summed E-state index contributed by atoms with van der Waals surface area (Å²) in [6.45, 7) is 5.38. The summed E-state index contributed by atoms with van der Waals surface area (Å²) >= 11 is 0. The summed E-state index contributed by atoms with van der Waals surface area (Å²) in [6.07, 6.45) is 0.485. The minimum Gasteiger partial charge on any atom is -0.481 e. The van der Waals surface area contributed by atoms with Gasteiger partial charge in [0.05, 0.1) is 12.0 Å². The largest absolute Gasteiger partial charge is 0.481 e. The van der Waals surface area contributed by atoms with Crippen molar-refractivity contribution in [3.8, 4) is 11.1 Å². The second-order valence-corrected chi connectivity index (χ2v) is 6.64. The Kier molecular flexibility index (Phi) is 4.80. The van der Waals surface area contributed by atoms with E-state index in [1.807, 2.05) is 36.4 Å². The van der Waals surface area contributed by atoms with E-state index >= 15 is 0 Å². The van der Waals surface area contributed by atoms with Gasteiger partial charge in [-0.3, -0.25) is 4.79 Å². The molecule has 2 N–H and O–H groups in total. The summed E-state index contributed by atoms with van der Waals surface area (Å²) in [5.41, 5.74) is 3.49. The van der Waals surface area contributed by atoms with Gasteiger partial charge < -0.3 is 15.2 Å². The Labute approximate surface area is 152 Å². The number of benzene rings is 2. The molecule has 0 spiro atoms. The summed E-state index contributed by atoms with van der Waals surface area (Å²) < 4.78 is 5.43. The summed E-state index contributed by atoms with van der Waals surface area (Å²) in [4.78, 5) is 23.2. The van der Waals surface area contributed by atoms with Crippen molar-refractivity contribution < 1.29 is 19.4 Å². The van der Waals surface area contributed by atoms with E-state index in [1.54, 1.807) is 6.92 Å². The lowest BCUT2D eigenvalue weighted by atomic mass is 9.98. The van der Waals surface area contributed by atoms with Crippen molar-refractivity contribution in [3.63, 3.8) is 0 Å². The molecule has 5 nitrogen and oxygen atoms in total. The second-order valence-electron chi connectivity index (χ2n) is 6.64. The molecule has 0 bridgehead atoms. The average molecular weight is 351 g/mol. The Morgan fingerprint density at radius 3 is 2.19 bits per heavy atom. The molecule has 2 aromatic carbocycles. The summed E-state index contributed by atoms with van der Waals surface area (Å²) in [5, 5.41) is 11.6. The van der Waals surface area contributed by atoms with Crippen LogP contribution in [-0.2, 0) is 9.53 Å². The molecule has 0 fully saturated rings. The first-order chi connectivity index (χ1) is 12.4. The fraction of sp³-hybridized carbons (Fsp3) is 0.238.